The lowest BCUT2D eigenvalue weighted by molar-refractivity contribution is -0.117. The maximum Gasteiger partial charge on any atom is 0.235 e. The van der Waals surface area contributed by atoms with Gasteiger partial charge >= 0.3 is 0 Å². The SMILES string of the molecule is CC1CCC(c2ccc3c(c2)C2(CC2)C(=O)N3)=NC1. The van der Waals surface area contributed by atoms with Crippen LogP contribution in [0.15, 0.2) is 23.2 Å². The van der Waals surface area contributed by atoms with E-state index in [1.54, 1.807) is 0 Å². The number of nitrogens with zero attached hydrogens (tertiary/aromatic N) is 1. The molecule has 19 heavy (non-hydrogen) atoms. The second-order valence-electron chi connectivity index (χ2n) is 6.23. The number of anilines is 1. The van der Waals surface area contributed by atoms with E-state index in [9.17, 15) is 4.79 Å². The van der Waals surface area contributed by atoms with Gasteiger partial charge in [-0.1, -0.05) is 13.0 Å². The van der Waals surface area contributed by atoms with E-state index < -0.39 is 0 Å². The largest absolute Gasteiger partial charge is 0.325 e. The number of nitrogens with one attached hydrogen (secondary N) is 1. The normalized spacial score (nSPS) is 26.9. The van der Waals surface area contributed by atoms with Gasteiger partial charge < -0.3 is 5.32 Å². The van der Waals surface area contributed by atoms with Crippen molar-refractivity contribution >= 4 is 17.3 Å². The molecular weight excluding hydrogens is 236 g/mol. The van der Waals surface area contributed by atoms with Crippen molar-refractivity contribution in [3.63, 3.8) is 0 Å². The molecule has 3 heteroatoms. The zero-order chi connectivity index (χ0) is 13.0. The van der Waals surface area contributed by atoms with Crippen LogP contribution in [-0.4, -0.2) is 18.2 Å². The highest BCUT2D eigenvalue weighted by atomic mass is 16.2. The third-order valence-corrected chi connectivity index (χ3v) is 4.77. The van der Waals surface area contributed by atoms with Gasteiger partial charge in [0.2, 0.25) is 5.91 Å². The smallest absolute Gasteiger partial charge is 0.235 e. The van der Waals surface area contributed by atoms with Crippen LogP contribution in [0.2, 0.25) is 0 Å². The van der Waals surface area contributed by atoms with Crippen molar-refractivity contribution in [3.05, 3.63) is 29.3 Å². The van der Waals surface area contributed by atoms with Crippen LogP contribution in [0.3, 0.4) is 0 Å². The first-order valence-electron chi connectivity index (χ1n) is 7.19. The Morgan fingerprint density at radius 2 is 2.21 bits per heavy atom. The van der Waals surface area contributed by atoms with E-state index >= 15 is 0 Å². The highest BCUT2D eigenvalue weighted by Crippen LogP contribution is 2.55. The first-order chi connectivity index (χ1) is 9.19. The van der Waals surface area contributed by atoms with Crippen molar-refractivity contribution in [1.29, 1.82) is 0 Å². The second kappa shape index (κ2) is 3.69. The lowest BCUT2D eigenvalue weighted by Crippen LogP contribution is -2.18. The number of hydrogen-bond acceptors (Lipinski definition) is 2. The van der Waals surface area contributed by atoms with Gasteiger partial charge in [0.05, 0.1) is 5.41 Å². The molecule has 1 saturated carbocycles. The fourth-order valence-electron chi connectivity index (χ4n) is 3.27. The highest BCUT2D eigenvalue weighted by Gasteiger charge is 2.56. The van der Waals surface area contributed by atoms with Gasteiger partial charge in [-0.05, 0) is 54.9 Å². The number of rotatable bonds is 1. The molecule has 0 saturated heterocycles. The minimum Gasteiger partial charge on any atom is -0.325 e. The Bertz CT molecular complexity index is 599. The summed E-state index contributed by atoms with van der Waals surface area (Å²) in [6.45, 7) is 3.19. The molecule has 1 fully saturated rings. The molecule has 2 aliphatic heterocycles. The Balaban J connectivity index is 1.74. The van der Waals surface area contributed by atoms with E-state index in [0.29, 0.717) is 5.92 Å². The van der Waals surface area contributed by atoms with Crippen LogP contribution >= 0.6 is 0 Å². The van der Waals surface area contributed by atoms with Gasteiger partial charge in [0.1, 0.15) is 0 Å². The minimum absolute atomic E-state index is 0.187. The molecule has 98 valence electrons. The van der Waals surface area contributed by atoms with Crippen LogP contribution in [0.1, 0.15) is 43.7 Å². The van der Waals surface area contributed by atoms with Crippen LogP contribution in [-0.2, 0) is 10.2 Å². The molecule has 3 aliphatic rings. The van der Waals surface area contributed by atoms with E-state index in [4.69, 9.17) is 4.99 Å². The highest BCUT2D eigenvalue weighted by molar-refractivity contribution is 6.10. The van der Waals surface area contributed by atoms with Crippen LogP contribution in [0.25, 0.3) is 0 Å². The van der Waals surface area contributed by atoms with Crippen molar-refractivity contribution in [2.75, 3.05) is 11.9 Å². The summed E-state index contributed by atoms with van der Waals surface area (Å²) in [5, 5.41) is 3.01. The summed E-state index contributed by atoms with van der Waals surface area (Å²) < 4.78 is 0. The molecular formula is C16H18N2O. The monoisotopic (exact) mass is 254 g/mol. The van der Waals surface area contributed by atoms with E-state index in [0.717, 1.165) is 31.5 Å². The molecule has 0 bridgehead atoms. The Morgan fingerprint density at radius 1 is 1.37 bits per heavy atom. The number of carbonyl (C=O) groups is 1. The summed E-state index contributed by atoms with van der Waals surface area (Å²) >= 11 is 0. The lowest BCUT2D eigenvalue weighted by Gasteiger charge is -2.18. The summed E-state index contributed by atoms with van der Waals surface area (Å²) in [6, 6.07) is 6.36. The maximum absolute atomic E-state index is 12.0. The molecule has 0 radical (unpaired) electrons. The number of fused-ring (bicyclic) bond motifs is 2. The van der Waals surface area contributed by atoms with E-state index in [2.05, 4.69) is 30.4 Å². The molecule has 3 nitrogen and oxygen atoms in total. The van der Waals surface area contributed by atoms with Gasteiger partial charge in [0, 0.05) is 17.9 Å². The maximum atomic E-state index is 12.0. The Morgan fingerprint density at radius 3 is 2.89 bits per heavy atom. The predicted molar refractivity (Wildman–Crippen MR) is 75.8 cm³/mol. The molecule has 1 unspecified atom stereocenters. The molecule has 4 rings (SSSR count). The van der Waals surface area contributed by atoms with Crippen LogP contribution < -0.4 is 5.32 Å². The number of aliphatic imine (C=N–C) groups is 1. The van der Waals surface area contributed by atoms with Crippen LogP contribution in [0.5, 0.6) is 0 Å². The molecule has 0 aromatic heterocycles. The number of carbonyl (C=O) groups excluding carboxylic acids is 1. The van der Waals surface area contributed by atoms with Gasteiger partial charge in [-0.15, -0.1) is 0 Å². The van der Waals surface area contributed by atoms with Crippen LogP contribution in [0, 0.1) is 5.92 Å². The van der Waals surface area contributed by atoms with Gasteiger partial charge in [0.15, 0.2) is 0 Å². The first-order valence-corrected chi connectivity index (χ1v) is 7.19. The first kappa shape index (κ1) is 11.2. The lowest BCUT2D eigenvalue weighted by atomic mass is 9.91. The van der Waals surface area contributed by atoms with Crippen molar-refractivity contribution < 1.29 is 4.79 Å². The van der Waals surface area contributed by atoms with Crippen molar-refractivity contribution in [1.82, 2.24) is 0 Å². The van der Waals surface area contributed by atoms with Crippen molar-refractivity contribution in [3.8, 4) is 0 Å². The second-order valence-corrected chi connectivity index (χ2v) is 6.23. The van der Waals surface area contributed by atoms with Crippen LogP contribution in [0.4, 0.5) is 5.69 Å². The summed E-state index contributed by atoms with van der Waals surface area (Å²) in [5.41, 5.74) is 4.46. The number of hydrogen-bond donors (Lipinski definition) is 1. The topological polar surface area (TPSA) is 41.5 Å². The average Bonchev–Trinajstić information content (AvgIpc) is 3.16. The van der Waals surface area contributed by atoms with Gasteiger partial charge in [-0.25, -0.2) is 0 Å². The molecule has 1 aliphatic carbocycles. The molecule has 1 aromatic rings. The fraction of sp³-hybridized carbons (Fsp3) is 0.500. The van der Waals surface area contributed by atoms with E-state index in [1.807, 2.05) is 0 Å². The van der Waals surface area contributed by atoms with E-state index in [-0.39, 0.29) is 11.3 Å². The van der Waals surface area contributed by atoms with Crippen molar-refractivity contribution in [2.45, 2.75) is 38.0 Å². The standard InChI is InChI=1S/C16H18N2O/c1-10-2-4-13(17-9-10)11-3-5-14-12(8-11)16(6-7-16)15(19)18-14/h3,5,8,10H,2,4,6-7,9H2,1H3,(H,18,19). The summed E-state index contributed by atoms with van der Waals surface area (Å²) in [5.74, 6) is 0.898. The molecule has 1 amide bonds. The third kappa shape index (κ3) is 1.57. The molecule has 1 aromatic carbocycles. The number of benzene rings is 1. The molecule has 1 atom stereocenters. The molecule has 1 N–H and O–H groups in total. The third-order valence-electron chi connectivity index (χ3n) is 4.77. The average molecular weight is 254 g/mol. The zero-order valence-corrected chi connectivity index (χ0v) is 11.2. The van der Waals surface area contributed by atoms with Crippen molar-refractivity contribution in [2.24, 2.45) is 10.9 Å². The molecule has 2 heterocycles. The van der Waals surface area contributed by atoms with Gasteiger partial charge in [-0.2, -0.15) is 0 Å². The molecule has 1 spiro atoms. The summed E-state index contributed by atoms with van der Waals surface area (Å²) in [6.07, 6.45) is 4.28. The quantitative estimate of drug-likeness (QED) is 0.822. The predicted octanol–water partition coefficient (Wildman–Crippen LogP) is 2.89. The summed E-state index contributed by atoms with van der Waals surface area (Å²) in [7, 11) is 0. The Labute approximate surface area is 113 Å². The number of amides is 1. The Kier molecular flexibility index (Phi) is 2.17. The van der Waals surface area contributed by atoms with E-state index in [1.165, 1.54) is 23.3 Å². The Hall–Kier alpha value is -1.64. The zero-order valence-electron chi connectivity index (χ0n) is 11.2. The fourth-order valence-corrected chi connectivity index (χ4v) is 3.27. The summed E-state index contributed by atoms with van der Waals surface area (Å²) in [4.78, 5) is 16.7. The minimum atomic E-state index is -0.187. The van der Waals surface area contributed by atoms with Gasteiger partial charge in [-0.3, -0.25) is 9.79 Å². The van der Waals surface area contributed by atoms with Gasteiger partial charge in [0.25, 0.3) is 0 Å².